The molecule has 40 heavy (non-hydrogen) atoms. The Bertz CT molecular complexity index is 1420. The molecule has 1 aliphatic heterocycles. The van der Waals surface area contributed by atoms with E-state index in [1.54, 1.807) is 18.2 Å². The number of fused-ring (bicyclic) bond motifs is 1. The lowest BCUT2D eigenvalue weighted by Crippen LogP contribution is -2.11. The van der Waals surface area contributed by atoms with E-state index in [1.807, 2.05) is 77.1 Å². The largest absolute Gasteiger partial charge is 0.507 e. The number of phenolic OH excluding ortho intramolecular Hbond substituents is 1. The summed E-state index contributed by atoms with van der Waals surface area (Å²) in [5.74, 6) is -0.846. The van der Waals surface area contributed by atoms with Crippen LogP contribution in [0.3, 0.4) is 0 Å². The highest BCUT2D eigenvalue weighted by atomic mass is 35.5. The third-order valence-electron chi connectivity index (χ3n) is 6.47. The maximum Gasteiger partial charge on any atom is 0.331 e. The second kappa shape index (κ2) is 14.8. The molecule has 0 radical (unpaired) electrons. The molecule has 4 N–H and O–H groups in total. The quantitative estimate of drug-likeness (QED) is 0.171. The molecule has 0 aliphatic carbocycles. The van der Waals surface area contributed by atoms with E-state index in [4.69, 9.17) is 22.1 Å². The van der Waals surface area contributed by atoms with Crippen molar-refractivity contribution in [3.8, 4) is 28.0 Å². The SMILES string of the molecule is C=C1C(=O)Nc2cc(Cl)c(-c3ccc(-c4ccccc4O)cc3)cc21.CC.CCC(=N)/C=C(/C(=O)O)C(C)CC. The number of allylic oxidation sites excluding steroid dienone is 1. The lowest BCUT2D eigenvalue weighted by atomic mass is 9.97. The number of carbonyl (C=O) groups excluding carboxylic acids is 1. The fourth-order valence-electron chi connectivity index (χ4n) is 3.94. The second-order valence-electron chi connectivity index (χ2n) is 9.00. The number of carboxylic acids is 1. The molecule has 4 rings (SSSR count). The van der Waals surface area contributed by atoms with E-state index in [2.05, 4.69) is 11.9 Å². The van der Waals surface area contributed by atoms with Crippen LogP contribution in [-0.2, 0) is 9.59 Å². The summed E-state index contributed by atoms with van der Waals surface area (Å²) in [5.41, 5.74) is 6.08. The first kappa shape index (κ1) is 32.1. The van der Waals surface area contributed by atoms with Gasteiger partial charge in [0.15, 0.2) is 0 Å². The first-order valence-corrected chi connectivity index (χ1v) is 13.7. The number of carbonyl (C=O) groups is 2. The Kier molecular flexibility index (Phi) is 11.9. The van der Waals surface area contributed by atoms with Gasteiger partial charge in [0.1, 0.15) is 5.75 Å². The zero-order valence-electron chi connectivity index (χ0n) is 23.6. The fraction of sp³-hybridized carbons (Fsp3) is 0.242. The van der Waals surface area contributed by atoms with Gasteiger partial charge in [0.25, 0.3) is 5.91 Å². The molecule has 210 valence electrons. The Hall–Kier alpha value is -4.16. The number of rotatable bonds is 7. The van der Waals surface area contributed by atoms with Crippen molar-refractivity contribution in [1.82, 2.24) is 0 Å². The van der Waals surface area contributed by atoms with Gasteiger partial charge in [-0.3, -0.25) is 4.79 Å². The standard InChI is InChI=1S/C21H14ClNO2.C10H17NO2.C2H6/c1-12-16-10-17(18(22)11-19(16)23-21(12)25)14-8-6-13(7-9-14)15-4-2-3-5-20(15)24;1-4-7(3)9(10(12)13)6-8(11)5-2;1-2/h2-11,24H,1H2,(H,23,25);6-7,11H,4-5H2,1-3H3,(H,12,13);1-2H3/b;9-6+,11-8?;. The number of hydrogen-bond donors (Lipinski definition) is 4. The van der Waals surface area contributed by atoms with Crippen LogP contribution in [-0.4, -0.2) is 27.8 Å². The van der Waals surface area contributed by atoms with Crippen molar-refractivity contribution in [2.45, 2.75) is 47.5 Å². The Labute approximate surface area is 241 Å². The molecule has 7 heteroatoms. The molecule has 6 nitrogen and oxygen atoms in total. The summed E-state index contributed by atoms with van der Waals surface area (Å²) in [6.45, 7) is 13.5. The second-order valence-corrected chi connectivity index (χ2v) is 9.40. The molecule has 3 aromatic rings. The van der Waals surface area contributed by atoms with Crippen LogP contribution in [0.1, 0.15) is 53.0 Å². The minimum atomic E-state index is -0.910. The molecular weight excluding hydrogens is 524 g/mol. The zero-order valence-corrected chi connectivity index (χ0v) is 24.4. The maximum absolute atomic E-state index is 11.7. The topological polar surface area (TPSA) is 110 Å². The van der Waals surface area contributed by atoms with Gasteiger partial charge in [0.2, 0.25) is 0 Å². The number of anilines is 1. The van der Waals surface area contributed by atoms with Crippen molar-refractivity contribution in [2.24, 2.45) is 5.92 Å². The van der Waals surface area contributed by atoms with Gasteiger partial charge in [0, 0.05) is 33.5 Å². The molecule has 3 aromatic carbocycles. The van der Waals surface area contributed by atoms with Gasteiger partial charge in [-0.15, -0.1) is 0 Å². The number of para-hydroxylation sites is 1. The minimum Gasteiger partial charge on any atom is -0.507 e. The average Bonchev–Trinajstić information content (AvgIpc) is 3.24. The van der Waals surface area contributed by atoms with Gasteiger partial charge in [-0.2, -0.15) is 0 Å². The highest BCUT2D eigenvalue weighted by molar-refractivity contribution is 6.36. The summed E-state index contributed by atoms with van der Waals surface area (Å²) in [7, 11) is 0. The van der Waals surface area contributed by atoms with Crippen molar-refractivity contribution in [3.63, 3.8) is 0 Å². The summed E-state index contributed by atoms with van der Waals surface area (Å²) < 4.78 is 0. The number of aliphatic carboxylic acids is 1. The third kappa shape index (κ3) is 7.70. The Balaban J connectivity index is 0.000000319. The summed E-state index contributed by atoms with van der Waals surface area (Å²) in [6, 6.07) is 18.6. The van der Waals surface area contributed by atoms with Crippen molar-refractivity contribution >= 4 is 40.4 Å². The van der Waals surface area contributed by atoms with E-state index in [0.29, 0.717) is 34.0 Å². The molecule has 0 fully saturated rings. The normalized spacial score (nSPS) is 12.7. The van der Waals surface area contributed by atoms with E-state index >= 15 is 0 Å². The first-order chi connectivity index (χ1) is 19.1. The Morgan fingerprint density at radius 2 is 1.60 bits per heavy atom. The van der Waals surface area contributed by atoms with E-state index in [0.717, 1.165) is 34.2 Å². The summed E-state index contributed by atoms with van der Waals surface area (Å²) in [5, 5.41) is 29.5. The number of phenols is 1. The van der Waals surface area contributed by atoms with Gasteiger partial charge in [-0.25, -0.2) is 4.79 Å². The molecule has 1 amide bonds. The van der Waals surface area contributed by atoms with E-state index in [-0.39, 0.29) is 17.6 Å². The molecular formula is C33H37ClN2O4. The molecule has 0 saturated heterocycles. The fourth-order valence-corrected chi connectivity index (χ4v) is 4.21. The maximum atomic E-state index is 11.7. The van der Waals surface area contributed by atoms with Gasteiger partial charge in [-0.05, 0) is 54.2 Å². The summed E-state index contributed by atoms with van der Waals surface area (Å²) in [6.07, 6.45) is 2.83. The third-order valence-corrected chi connectivity index (χ3v) is 6.78. The monoisotopic (exact) mass is 560 g/mol. The van der Waals surface area contributed by atoms with Gasteiger partial charge < -0.3 is 20.9 Å². The van der Waals surface area contributed by atoms with Gasteiger partial charge in [0.05, 0.1) is 10.7 Å². The summed E-state index contributed by atoms with van der Waals surface area (Å²) >= 11 is 6.40. The van der Waals surface area contributed by atoms with Crippen LogP contribution in [0.25, 0.3) is 27.8 Å². The molecule has 0 bridgehead atoms. The van der Waals surface area contributed by atoms with Gasteiger partial charge >= 0.3 is 5.97 Å². The predicted octanol–water partition coefficient (Wildman–Crippen LogP) is 8.84. The highest BCUT2D eigenvalue weighted by Gasteiger charge is 2.24. The number of benzene rings is 3. The van der Waals surface area contributed by atoms with E-state index < -0.39 is 5.97 Å². The highest BCUT2D eigenvalue weighted by Crippen LogP contribution is 2.40. The van der Waals surface area contributed by atoms with Crippen LogP contribution in [0.4, 0.5) is 5.69 Å². The van der Waals surface area contributed by atoms with Crippen LogP contribution >= 0.6 is 11.6 Å². The number of nitrogens with one attached hydrogen (secondary N) is 2. The van der Waals surface area contributed by atoms with Crippen LogP contribution in [0.15, 0.2) is 78.9 Å². The van der Waals surface area contributed by atoms with Crippen LogP contribution < -0.4 is 5.32 Å². The molecule has 1 atom stereocenters. The van der Waals surface area contributed by atoms with Crippen LogP contribution in [0.2, 0.25) is 5.02 Å². The van der Waals surface area contributed by atoms with E-state index in [1.165, 1.54) is 6.08 Å². The summed E-state index contributed by atoms with van der Waals surface area (Å²) in [4.78, 5) is 22.5. The minimum absolute atomic E-state index is 0.0180. The van der Waals surface area contributed by atoms with Crippen molar-refractivity contribution in [2.75, 3.05) is 5.32 Å². The van der Waals surface area contributed by atoms with Crippen LogP contribution in [0, 0.1) is 11.3 Å². The van der Waals surface area contributed by atoms with Crippen molar-refractivity contribution in [1.29, 1.82) is 5.41 Å². The first-order valence-electron chi connectivity index (χ1n) is 13.3. The number of hydrogen-bond acceptors (Lipinski definition) is 4. The molecule has 0 aromatic heterocycles. The molecule has 1 unspecified atom stereocenters. The number of halogens is 1. The average molecular weight is 561 g/mol. The lowest BCUT2D eigenvalue weighted by molar-refractivity contribution is -0.133. The van der Waals surface area contributed by atoms with E-state index in [9.17, 15) is 14.7 Å². The number of aromatic hydroxyl groups is 1. The molecule has 1 heterocycles. The number of carboxylic acid groups (broad SMARTS) is 1. The predicted molar refractivity (Wildman–Crippen MR) is 166 cm³/mol. The zero-order chi connectivity index (χ0) is 30.0. The van der Waals surface area contributed by atoms with Crippen LogP contribution in [0.5, 0.6) is 5.75 Å². The molecule has 1 aliphatic rings. The Morgan fingerprint density at radius 3 is 2.12 bits per heavy atom. The molecule has 0 spiro atoms. The molecule has 0 saturated carbocycles. The smallest absolute Gasteiger partial charge is 0.331 e. The number of amides is 1. The van der Waals surface area contributed by atoms with Crippen molar-refractivity contribution in [3.05, 3.63) is 89.5 Å². The lowest BCUT2D eigenvalue weighted by Gasteiger charge is -2.10. The van der Waals surface area contributed by atoms with Gasteiger partial charge in [-0.1, -0.05) is 95.3 Å². The van der Waals surface area contributed by atoms with Crippen molar-refractivity contribution < 1.29 is 19.8 Å². The Morgan fingerprint density at radius 1 is 1.02 bits per heavy atom.